The van der Waals surface area contributed by atoms with Crippen LogP contribution < -0.4 is 20.9 Å². The molecule has 17 nitrogen and oxygen atoms in total. The monoisotopic (exact) mass is 635 g/mol. The quantitative estimate of drug-likeness (QED) is 0.0919. The molecule has 4 aromatic rings. The molecule has 4 aromatic heterocycles. The van der Waals surface area contributed by atoms with Gasteiger partial charge in [-0.1, -0.05) is 17.2 Å². The molecule has 6 unspecified atom stereocenters. The van der Waals surface area contributed by atoms with Crippen LogP contribution in [0.3, 0.4) is 0 Å². The molecule has 2 aliphatic rings. The third-order valence-corrected chi connectivity index (χ3v) is 9.63. The van der Waals surface area contributed by atoms with Crippen LogP contribution in [0.4, 0.5) is 10.3 Å². The normalized spacial score (nSPS) is 32.1. The summed E-state index contributed by atoms with van der Waals surface area (Å²) in [6, 6.07) is 0. The number of nitrogens with zero attached hydrogens (tertiary/aromatic N) is 6. The number of rotatable bonds is 1. The number of imidazole rings is 2. The second kappa shape index (κ2) is 10.5. The number of ether oxygens (including phenoxy) is 1. The van der Waals surface area contributed by atoms with Gasteiger partial charge in [-0.05, 0) is 11.8 Å². The van der Waals surface area contributed by atoms with E-state index < -0.39 is 50.2 Å². The van der Waals surface area contributed by atoms with Crippen molar-refractivity contribution < 1.29 is 36.7 Å². The zero-order valence-corrected chi connectivity index (χ0v) is 23.7. The highest BCUT2D eigenvalue weighted by Gasteiger charge is 2.52. The van der Waals surface area contributed by atoms with Crippen molar-refractivity contribution in [2.24, 2.45) is 0 Å². The summed E-state index contributed by atoms with van der Waals surface area (Å²) >= 11 is 9.27. The maximum Gasteiger partial charge on any atom is 0.387 e. The van der Waals surface area contributed by atoms with E-state index in [1.54, 1.807) is 4.57 Å². The molecule has 0 radical (unpaired) electrons. The summed E-state index contributed by atoms with van der Waals surface area (Å²) in [5, 5.41) is 2.76. The maximum atomic E-state index is 15.8. The minimum absolute atomic E-state index is 0.0155. The number of thiol groups is 1. The Labute approximate surface area is 233 Å². The van der Waals surface area contributed by atoms with Gasteiger partial charge in [-0.25, -0.2) is 33.6 Å². The highest BCUT2D eigenvalue weighted by molar-refractivity contribution is 8.44. The lowest BCUT2D eigenvalue weighted by molar-refractivity contribution is -0.744. The number of hydrogen-bond acceptors (Lipinski definition) is 12. The average molecular weight is 636 g/mol. The molecule has 0 aromatic carbocycles. The van der Waals surface area contributed by atoms with E-state index in [0.29, 0.717) is 11.2 Å². The second-order valence-electron chi connectivity index (χ2n) is 8.79. The molecule has 214 valence electrons. The molecule has 2 aliphatic heterocycles. The average Bonchev–Trinajstić information content (AvgIpc) is 3.55. The standard InChI is InChI=1S/C18H21FN10O7P2S2/c19-11-9-4-33-37(31,39)24-1-2-28-10(25-8-3-21-6-22-14(8)28)5-34-38(32,40)36-13(11)17(35-9)29-7-23-12-15(29)26-18(20)27-16(12)30/h3,6-7,9,11,13,17H,1-2,4-5H2,(H6,20,24,26,27,30,31,32,39,40)/p+1. The van der Waals surface area contributed by atoms with Crippen LogP contribution in [0.2, 0.25) is 0 Å². The molecule has 6 heterocycles. The topological polar surface area (TPSA) is 221 Å². The van der Waals surface area contributed by atoms with E-state index in [2.05, 4.69) is 47.2 Å². The SMILES string of the molecule is Nc1nc2c([nH]c[n+]2C2OC3COP(O)(=S)NCCn4c(nc5cncnc54)COP(=O)(S)OC2C3F)c(=O)[nH]1. The molecule has 6 atom stereocenters. The Morgan fingerprint density at radius 2 is 2.17 bits per heavy atom. The lowest BCUT2D eigenvalue weighted by Crippen LogP contribution is -2.46. The summed E-state index contributed by atoms with van der Waals surface area (Å²) in [5.74, 6) is 0.0892. The number of nitrogens with one attached hydrogen (secondary N) is 3. The molecule has 1 saturated heterocycles. The first-order chi connectivity index (χ1) is 19.0. The zero-order chi connectivity index (χ0) is 28.2. The number of H-pyrrole nitrogens is 2. The molecule has 0 saturated carbocycles. The van der Waals surface area contributed by atoms with Gasteiger partial charge in [-0.2, -0.15) is 0 Å². The van der Waals surface area contributed by atoms with Crippen LogP contribution in [0.25, 0.3) is 22.3 Å². The second-order valence-corrected chi connectivity index (χ2v) is 14.8. The van der Waals surface area contributed by atoms with Crippen molar-refractivity contribution in [3.63, 3.8) is 0 Å². The first-order valence-corrected chi connectivity index (χ1v) is 17.0. The third-order valence-electron chi connectivity index (χ3n) is 6.21. The van der Waals surface area contributed by atoms with Gasteiger partial charge in [0.15, 0.2) is 24.3 Å². The molecular formula is C18H22FN10O7P2S2+. The molecule has 2 bridgehead atoms. The summed E-state index contributed by atoms with van der Waals surface area (Å²) in [6.07, 6.45) is -2.11. The Hall–Kier alpha value is -2.38. The van der Waals surface area contributed by atoms with Crippen LogP contribution in [0.1, 0.15) is 12.1 Å². The van der Waals surface area contributed by atoms with Crippen molar-refractivity contribution in [3.8, 4) is 0 Å². The molecule has 1 fully saturated rings. The minimum atomic E-state index is -4.27. The van der Waals surface area contributed by atoms with Gasteiger partial charge in [-0.15, -0.1) is 0 Å². The molecule has 6 rings (SSSR count). The number of halogens is 1. The summed E-state index contributed by atoms with van der Waals surface area (Å²) in [5.41, 5.74) is 6.05. The van der Waals surface area contributed by atoms with Crippen molar-refractivity contribution in [2.45, 2.75) is 37.8 Å². The van der Waals surface area contributed by atoms with Crippen LogP contribution >= 0.6 is 25.7 Å². The number of hydrogen-bond donors (Lipinski definition) is 6. The summed E-state index contributed by atoms with van der Waals surface area (Å²) in [7, 11) is 0. The van der Waals surface area contributed by atoms with Crippen molar-refractivity contribution in [3.05, 3.63) is 35.0 Å². The van der Waals surface area contributed by atoms with E-state index in [-0.39, 0.29) is 42.6 Å². The number of anilines is 1. The van der Waals surface area contributed by atoms with Crippen LogP contribution in [-0.2, 0) is 47.8 Å². The highest BCUT2D eigenvalue weighted by Crippen LogP contribution is 2.57. The van der Waals surface area contributed by atoms with Gasteiger partial charge in [-0.3, -0.25) is 23.8 Å². The first kappa shape index (κ1) is 27.8. The Morgan fingerprint density at radius 3 is 3.00 bits per heavy atom. The highest BCUT2D eigenvalue weighted by atomic mass is 32.7. The number of aromatic nitrogens is 8. The van der Waals surface area contributed by atoms with Crippen LogP contribution in [0.15, 0.2) is 23.6 Å². The molecule has 40 heavy (non-hydrogen) atoms. The van der Waals surface area contributed by atoms with E-state index in [9.17, 15) is 14.3 Å². The molecule has 6 N–H and O–H groups in total. The lowest BCUT2D eigenvalue weighted by atomic mass is 10.1. The van der Waals surface area contributed by atoms with Crippen molar-refractivity contribution in [1.82, 2.24) is 39.6 Å². The fraction of sp³-hybridized carbons (Fsp3) is 0.444. The Kier molecular flexibility index (Phi) is 7.27. The van der Waals surface area contributed by atoms with E-state index in [4.69, 9.17) is 35.8 Å². The smallest absolute Gasteiger partial charge is 0.355 e. The van der Waals surface area contributed by atoms with Crippen molar-refractivity contribution in [2.75, 3.05) is 18.9 Å². The number of nitrogens with two attached hydrogens (primary N) is 1. The predicted octanol–water partition coefficient (Wildman–Crippen LogP) is -0.0274. The van der Waals surface area contributed by atoms with E-state index in [0.717, 1.165) is 0 Å². The number of nitrogen functional groups attached to an aromatic ring is 1. The first-order valence-electron chi connectivity index (χ1n) is 11.6. The van der Waals surface area contributed by atoms with Gasteiger partial charge in [0.2, 0.25) is 11.7 Å². The van der Waals surface area contributed by atoms with Gasteiger partial charge in [0.05, 0.1) is 12.8 Å². The fourth-order valence-electron chi connectivity index (χ4n) is 4.47. The Balaban J connectivity index is 1.38. The summed E-state index contributed by atoms with van der Waals surface area (Å²) in [4.78, 5) is 44.7. The van der Waals surface area contributed by atoms with Gasteiger partial charge in [0.1, 0.15) is 30.4 Å². The Bertz CT molecular complexity index is 1750. The van der Waals surface area contributed by atoms with Gasteiger partial charge >= 0.3 is 12.4 Å². The number of aromatic amines is 2. The van der Waals surface area contributed by atoms with E-state index in [1.807, 2.05) is 0 Å². The number of alkyl halides is 1. The molecule has 0 aliphatic carbocycles. The van der Waals surface area contributed by atoms with Gasteiger partial charge in [0, 0.05) is 13.1 Å². The largest absolute Gasteiger partial charge is 0.387 e. The van der Waals surface area contributed by atoms with Crippen molar-refractivity contribution >= 4 is 65.8 Å². The molecule has 0 spiro atoms. The fourth-order valence-corrected chi connectivity index (χ4v) is 7.11. The van der Waals surface area contributed by atoms with Crippen molar-refractivity contribution in [1.29, 1.82) is 0 Å². The summed E-state index contributed by atoms with van der Waals surface area (Å²) in [6.45, 7) is -8.38. The molecular weight excluding hydrogens is 613 g/mol. The zero-order valence-electron chi connectivity index (χ0n) is 20.2. The van der Waals surface area contributed by atoms with E-state index in [1.165, 1.54) is 23.4 Å². The van der Waals surface area contributed by atoms with Crippen LogP contribution in [-0.4, -0.2) is 70.9 Å². The van der Waals surface area contributed by atoms with Gasteiger partial charge in [0.25, 0.3) is 18.2 Å². The summed E-state index contributed by atoms with van der Waals surface area (Å²) < 4.78 is 54.6. The van der Waals surface area contributed by atoms with E-state index >= 15 is 4.39 Å². The Morgan fingerprint density at radius 1 is 1.35 bits per heavy atom. The lowest BCUT2D eigenvalue weighted by Gasteiger charge is -2.22. The predicted molar refractivity (Wildman–Crippen MR) is 142 cm³/mol. The maximum absolute atomic E-state index is 15.8. The minimum Gasteiger partial charge on any atom is -0.355 e. The third kappa shape index (κ3) is 5.32. The molecule has 22 heteroatoms. The van der Waals surface area contributed by atoms with Gasteiger partial charge < -0.3 is 24.5 Å². The number of fused-ring (bicyclic) bond motifs is 6. The van der Waals surface area contributed by atoms with Crippen LogP contribution in [0.5, 0.6) is 0 Å². The molecule has 0 amide bonds. The van der Waals surface area contributed by atoms with Crippen LogP contribution in [0, 0.1) is 0 Å².